The number of methoxy groups -OCH3 is 1. The van der Waals surface area contributed by atoms with E-state index in [4.69, 9.17) is 23.9 Å². The number of hydrogen-bond acceptors (Lipinski definition) is 7. The van der Waals surface area contributed by atoms with E-state index in [0.717, 1.165) is 5.56 Å². The summed E-state index contributed by atoms with van der Waals surface area (Å²) in [5.74, 6) is 1.06. The molecule has 36 heavy (non-hydrogen) atoms. The van der Waals surface area contributed by atoms with Crippen molar-refractivity contribution in [3.8, 4) is 28.3 Å². The Bertz CT molecular complexity index is 1130. The van der Waals surface area contributed by atoms with Crippen molar-refractivity contribution in [2.45, 2.75) is 32.6 Å². The molecule has 0 spiro atoms. The number of carbonyl (C=O) groups excluding carboxylic acids is 2. The molecule has 3 rings (SSSR count). The van der Waals surface area contributed by atoms with E-state index in [0.29, 0.717) is 22.8 Å². The van der Waals surface area contributed by atoms with Crippen LogP contribution in [-0.4, -0.2) is 36.5 Å². The van der Waals surface area contributed by atoms with Crippen molar-refractivity contribution in [3.63, 3.8) is 0 Å². The Morgan fingerprint density at radius 2 is 1.44 bits per heavy atom. The van der Waals surface area contributed by atoms with Gasteiger partial charge in [-0.05, 0) is 36.4 Å². The van der Waals surface area contributed by atoms with E-state index in [1.807, 2.05) is 12.1 Å². The highest BCUT2D eigenvalue weighted by Gasteiger charge is 2.21. The molecule has 0 aliphatic carbocycles. The molecule has 0 radical (unpaired) electrons. The Morgan fingerprint density at radius 3 is 1.86 bits per heavy atom. The van der Waals surface area contributed by atoms with Gasteiger partial charge in [-0.3, -0.25) is 9.59 Å². The van der Waals surface area contributed by atoms with Crippen LogP contribution in [0.2, 0.25) is 0 Å². The van der Waals surface area contributed by atoms with Gasteiger partial charge in [-0.1, -0.05) is 65.1 Å². The molecule has 14 heteroatoms. The molecule has 2 amide bonds. The highest BCUT2D eigenvalue weighted by atomic mass is 32.2. The topological polar surface area (TPSA) is 213 Å². The number of nitrogens with zero attached hydrogens (tertiary/aromatic N) is 1. The van der Waals surface area contributed by atoms with Gasteiger partial charge in [0.2, 0.25) is 10.0 Å². The fourth-order valence-corrected chi connectivity index (χ4v) is 3.03. The second kappa shape index (κ2) is 19.2. The van der Waals surface area contributed by atoms with E-state index in [-0.39, 0.29) is 17.8 Å². The number of benzene rings is 2. The van der Waals surface area contributed by atoms with Crippen molar-refractivity contribution in [2.24, 2.45) is 16.6 Å². The summed E-state index contributed by atoms with van der Waals surface area (Å²) in [6.07, 6.45) is 2.52. The standard InChI is InChI=1S/C16H14N2O4S.C3H8.2CH3NOS.CH4.H2O/c1-21-12-8-6-11(7-9-12)15-16(22-10-18-15)13-4-2-3-5-14(13)23(17,19)20;1-3-2;2*2-1(3)4;;/h2-10H,1H3,(H2,17,19,20);3H2,1-2H3;2*(H3,2,3,4);1H4;1H2. The minimum absolute atomic E-state index is 0. The molecule has 202 valence electrons. The van der Waals surface area contributed by atoms with Gasteiger partial charge in [-0.25, -0.2) is 18.5 Å². The van der Waals surface area contributed by atoms with Gasteiger partial charge in [0.15, 0.2) is 12.2 Å². The maximum Gasteiger partial charge on any atom is 0.273 e. The Hall–Kier alpha value is -3.04. The number of hydrogen-bond donors (Lipinski definition) is 5. The summed E-state index contributed by atoms with van der Waals surface area (Å²) in [7, 11) is -2.29. The second-order valence-electron chi connectivity index (χ2n) is 6.18. The highest BCUT2D eigenvalue weighted by molar-refractivity contribution is 7.96. The Morgan fingerprint density at radius 1 is 1.00 bits per heavy atom. The largest absolute Gasteiger partial charge is 0.497 e. The van der Waals surface area contributed by atoms with Crippen LogP contribution in [0.15, 0.2) is 64.2 Å². The summed E-state index contributed by atoms with van der Waals surface area (Å²) < 4.78 is 34.1. The molecule has 0 atom stereocenters. The maximum atomic E-state index is 11.8. The lowest BCUT2D eigenvalue weighted by Gasteiger charge is -2.07. The zero-order valence-corrected chi connectivity index (χ0v) is 21.9. The monoisotopic (exact) mass is 562 g/mol. The summed E-state index contributed by atoms with van der Waals surface area (Å²) in [5.41, 5.74) is 10.4. The first-order valence-corrected chi connectivity index (χ1v) is 12.0. The van der Waals surface area contributed by atoms with Crippen molar-refractivity contribution in [2.75, 3.05) is 7.11 Å². The molecule has 0 unspecified atom stereocenters. The number of amides is 2. The number of ether oxygens (including phenoxy) is 1. The highest BCUT2D eigenvalue weighted by Crippen LogP contribution is 2.35. The molecule has 2 aromatic carbocycles. The third kappa shape index (κ3) is 14.4. The number of primary amides is 2. The molecule has 0 aliphatic rings. The zero-order chi connectivity index (χ0) is 26.3. The zero-order valence-electron chi connectivity index (χ0n) is 19.3. The fourth-order valence-electron chi connectivity index (χ4n) is 2.29. The van der Waals surface area contributed by atoms with Crippen molar-refractivity contribution < 1.29 is 32.6 Å². The Balaban J connectivity index is -0.000000716. The van der Waals surface area contributed by atoms with Crippen LogP contribution in [0, 0.1) is 0 Å². The van der Waals surface area contributed by atoms with E-state index in [1.165, 1.54) is 18.9 Å². The lowest BCUT2D eigenvalue weighted by Crippen LogP contribution is -2.13. The molecule has 0 saturated carbocycles. The van der Waals surface area contributed by atoms with Crippen LogP contribution in [0.25, 0.3) is 22.6 Å². The average Bonchev–Trinajstić information content (AvgIpc) is 3.23. The predicted molar refractivity (Wildman–Crippen MR) is 149 cm³/mol. The molecule has 3 aromatic rings. The molecule has 0 fully saturated rings. The molecule has 1 heterocycles. The number of aromatic nitrogens is 1. The van der Waals surface area contributed by atoms with Crippen molar-refractivity contribution in [3.05, 3.63) is 54.9 Å². The molecular weight excluding hydrogens is 528 g/mol. The first-order valence-electron chi connectivity index (χ1n) is 9.55. The van der Waals surface area contributed by atoms with Crippen LogP contribution in [0.4, 0.5) is 9.59 Å². The number of thiol groups is 2. The summed E-state index contributed by atoms with van der Waals surface area (Å²) in [4.78, 5) is 22.4. The minimum Gasteiger partial charge on any atom is -0.497 e. The molecule has 8 N–H and O–H groups in total. The predicted octanol–water partition coefficient (Wildman–Crippen LogP) is 3.88. The normalized spacial score (nSPS) is 9.17. The number of rotatable bonds is 4. The first kappa shape index (κ1) is 37.5. The van der Waals surface area contributed by atoms with Crippen LogP contribution in [-0.2, 0) is 10.0 Å². The summed E-state index contributed by atoms with van der Waals surface area (Å²) in [6.45, 7) is 4.25. The van der Waals surface area contributed by atoms with Gasteiger partial charge in [0.25, 0.3) is 10.5 Å². The number of nitrogens with two attached hydrogens (primary N) is 3. The average molecular weight is 563 g/mol. The Kier molecular flexibility index (Phi) is 20.0. The van der Waals surface area contributed by atoms with Gasteiger partial charge in [0, 0.05) is 11.1 Å². The minimum atomic E-state index is -3.88. The van der Waals surface area contributed by atoms with Crippen molar-refractivity contribution in [1.82, 2.24) is 4.98 Å². The van der Waals surface area contributed by atoms with Crippen molar-refractivity contribution in [1.29, 1.82) is 0 Å². The van der Waals surface area contributed by atoms with Gasteiger partial charge in [-0.15, -0.1) is 0 Å². The SMILES string of the molecule is C.CCC.COc1ccc(-c2ncoc2-c2ccccc2S(N)(=O)=O)cc1.NC(=O)S.NC(=O)S.O. The molecule has 11 nitrogen and oxygen atoms in total. The molecule has 1 aromatic heterocycles. The number of primary sulfonamides is 1. The van der Waals surface area contributed by atoms with Crippen LogP contribution in [0.3, 0.4) is 0 Å². The summed E-state index contributed by atoms with van der Waals surface area (Å²) in [5, 5.41) is 4.01. The number of carbonyl (C=O) groups is 2. The van der Waals surface area contributed by atoms with E-state index in [2.05, 4.69) is 55.6 Å². The van der Waals surface area contributed by atoms with Gasteiger partial charge < -0.3 is 26.1 Å². The smallest absolute Gasteiger partial charge is 0.273 e. The quantitative estimate of drug-likeness (QED) is 0.295. The summed E-state index contributed by atoms with van der Waals surface area (Å²) >= 11 is 6.21. The van der Waals surface area contributed by atoms with Gasteiger partial charge in [0.1, 0.15) is 11.4 Å². The molecule has 0 bridgehead atoms. The lowest BCUT2D eigenvalue weighted by atomic mass is 10.1. The van der Waals surface area contributed by atoms with Crippen molar-refractivity contribution >= 4 is 45.8 Å². The van der Waals surface area contributed by atoms with E-state index in [9.17, 15) is 8.42 Å². The van der Waals surface area contributed by atoms with E-state index >= 15 is 0 Å². The van der Waals surface area contributed by atoms with Crippen LogP contribution in [0.5, 0.6) is 5.75 Å². The second-order valence-corrected chi connectivity index (χ2v) is 8.59. The van der Waals surface area contributed by atoms with Crippen LogP contribution >= 0.6 is 25.3 Å². The van der Waals surface area contributed by atoms with E-state index < -0.39 is 20.5 Å². The van der Waals surface area contributed by atoms with Gasteiger partial charge in [0.05, 0.1) is 12.0 Å². The molecule has 0 saturated heterocycles. The Labute approximate surface area is 222 Å². The third-order valence-electron chi connectivity index (χ3n) is 3.37. The summed E-state index contributed by atoms with van der Waals surface area (Å²) in [6, 6.07) is 13.6. The van der Waals surface area contributed by atoms with Crippen LogP contribution < -0.4 is 21.3 Å². The number of oxazole rings is 1. The van der Waals surface area contributed by atoms with Gasteiger partial charge >= 0.3 is 0 Å². The third-order valence-corrected chi connectivity index (χ3v) is 4.34. The molecular formula is C22H34N4O7S3. The van der Waals surface area contributed by atoms with Crippen LogP contribution in [0.1, 0.15) is 27.7 Å². The lowest BCUT2D eigenvalue weighted by molar-refractivity contribution is 0.266. The van der Waals surface area contributed by atoms with Gasteiger partial charge in [-0.2, -0.15) is 0 Å². The molecule has 0 aliphatic heterocycles. The van der Waals surface area contributed by atoms with E-state index in [1.54, 1.807) is 37.4 Å². The first-order chi connectivity index (χ1) is 15.9. The fraction of sp³-hybridized carbons (Fsp3) is 0.227. The maximum absolute atomic E-state index is 11.8. The number of sulfonamides is 1.